The van der Waals surface area contributed by atoms with E-state index in [2.05, 4.69) is 10.6 Å². The highest BCUT2D eigenvalue weighted by atomic mass is 32.2. The number of carbonyl (C=O) groups is 2. The third kappa shape index (κ3) is 5.87. The number of thiophene rings is 1. The molecule has 8 nitrogen and oxygen atoms in total. The van der Waals surface area contributed by atoms with Gasteiger partial charge >= 0.3 is 0 Å². The van der Waals surface area contributed by atoms with Gasteiger partial charge in [-0.15, -0.1) is 11.3 Å². The highest BCUT2D eigenvalue weighted by Crippen LogP contribution is 2.29. The zero-order chi connectivity index (χ0) is 25.8. The summed E-state index contributed by atoms with van der Waals surface area (Å²) in [5.41, 5.74) is 2.52. The van der Waals surface area contributed by atoms with Crippen molar-refractivity contribution in [1.82, 2.24) is 20.4 Å². The van der Waals surface area contributed by atoms with Gasteiger partial charge in [0.25, 0.3) is 11.8 Å². The normalized spacial score (nSPS) is 16.9. The van der Waals surface area contributed by atoms with Crippen LogP contribution in [0.15, 0.2) is 90.1 Å². The van der Waals surface area contributed by atoms with E-state index in [1.54, 1.807) is 47.3 Å². The predicted octanol–water partition coefficient (Wildman–Crippen LogP) is 3.68. The number of nitrogens with zero attached hydrogens (tertiary/aromatic N) is 2. The molecule has 0 radical (unpaired) electrons. The van der Waals surface area contributed by atoms with Crippen LogP contribution in [-0.4, -0.2) is 47.6 Å². The minimum atomic E-state index is -3.19. The van der Waals surface area contributed by atoms with Crippen LogP contribution in [0.3, 0.4) is 0 Å². The van der Waals surface area contributed by atoms with Crippen molar-refractivity contribution in [2.75, 3.05) is 11.5 Å². The number of benzene rings is 2. The molecule has 0 bridgehead atoms. The lowest BCUT2D eigenvalue weighted by Gasteiger charge is -2.14. The zero-order valence-electron chi connectivity index (χ0n) is 19.7. The van der Waals surface area contributed by atoms with Gasteiger partial charge in [-0.25, -0.2) is 13.1 Å². The number of aromatic nitrogens is 2. The van der Waals surface area contributed by atoms with Gasteiger partial charge in [0.15, 0.2) is 9.84 Å². The van der Waals surface area contributed by atoms with Gasteiger partial charge in [-0.1, -0.05) is 42.5 Å². The second-order valence-electron chi connectivity index (χ2n) is 8.64. The first-order valence-corrected chi connectivity index (χ1v) is 14.4. The quantitative estimate of drug-likeness (QED) is 0.353. The van der Waals surface area contributed by atoms with Crippen molar-refractivity contribution < 1.29 is 18.0 Å². The summed E-state index contributed by atoms with van der Waals surface area (Å²) < 4.78 is 25.5. The van der Waals surface area contributed by atoms with Crippen LogP contribution in [0.1, 0.15) is 22.3 Å². The Morgan fingerprint density at radius 1 is 1.00 bits per heavy atom. The third-order valence-corrected chi connectivity index (χ3v) is 8.56. The molecular weight excluding hydrogens is 508 g/mol. The van der Waals surface area contributed by atoms with Crippen molar-refractivity contribution in [3.8, 4) is 16.3 Å². The Hall–Kier alpha value is -4.02. The zero-order valence-corrected chi connectivity index (χ0v) is 21.3. The molecule has 1 fully saturated rings. The number of amides is 2. The maximum absolute atomic E-state index is 13.3. The van der Waals surface area contributed by atoms with E-state index in [0.717, 1.165) is 10.6 Å². The first-order chi connectivity index (χ1) is 17.9. The van der Waals surface area contributed by atoms with Gasteiger partial charge in [-0.3, -0.25) is 9.59 Å². The number of rotatable bonds is 7. The Balaban J connectivity index is 1.54. The van der Waals surface area contributed by atoms with Crippen LogP contribution in [-0.2, 0) is 14.6 Å². The van der Waals surface area contributed by atoms with Gasteiger partial charge in [-0.05, 0) is 48.2 Å². The molecule has 10 heteroatoms. The lowest BCUT2D eigenvalue weighted by Crippen LogP contribution is -2.41. The van der Waals surface area contributed by atoms with E-state index in [4.69, 9.17) is 5.10 Å². The Labute approximate surface area is 218 Å². The number of hydrogen-bond acceptors (Lipinski definition) is 6. The van der Waals surface area contributed by atoms with Crippen LogP contribution in [0.5, 0.6) is 0 Å². The lowest BCUT2D eigenvalue weighted by molar-refractivity contribution is -0.118. The largest absolute Gasteiger partial charge is 0.347 e. The Kier molecular flexibility index (Phi) is 7.02. The molecule has 4 aromatic rings. The maximum Gasteiger partial charge on any atom is 0.268 e. The van der Waals surface area contributed by atoms with Gasteiger partial charge in [0.1, 0.15) is 11.4 Å². The molecule has 1 aliphatic rings. The Bertz CT molecular complexity index is 1540. The summed E-state index contributed by atoms with van der Waals surface area (Å²) in [6, 6.07) is 21.5. The summed E-state index contributed by atoms with van der Waals surface area (Å²) in [5, 5.41) is 12.2. The van der Waals surface area contributed by atoms with Crippen molar-refractivity contribution in [1.29, 1.82) is 0 Å². The molecule has 1 aliphatic heterocycles. The van der Waals surface area contributed by atoms with Gasteiger partial charge in [0.05, 0.1) is 22.1 Å². The first-order valence-electron chi connectivity index (χ1n) is 11.7. The van der Waals surface area contributed by atoms with Crippen LogP contribution in [0, 0.1) is 0 Å². The molecule has 3 heterocycles. The molecule has 1 saturated heterocycles. The molecule has 0 spiro atoms. The van der Waals surface area contributed by atoms with E-state index in [-0.39, 0.29) is 17.2 Å². The van der Waals surface area contributed by atoms with E-state index in [9.17, 15) is 18.0 Å². The van der Waals surface area contributed by atoms with Crippen molar-refractivity contribution in [3.05, 3.63) is 101 Å². The summed E-state index contributed by atoms with van der Waals surface area (Å²) in [4.78, 5) is 27.2. The fraction of sp³-hybridized carbons (Fsp3) is 0.148. The minimum Gasteiger partial charge on any atom is -0.347 e. The summed E-state index contributed by atoms with van der Waals surface area (Å²) in [6.45, 7) is 0. The fourth-order valence-corrected chi connectivity index (χ4v) is 6.49. The number of hydrogen-bond donors (Lipinski definition) is 2. The standard InChI is InChI=1S/C27H24N4O4S2/c32-26(19-8-3-1-4-9-19)29-23(27(33)28-21-13-15-37(34,35)18-21)16-20-17-31(22-10-5-2-6-11-22)30-25(20)24-12-7-14-36-24/h1-12,14,16-17,21H,13,15,18H2,(H,28,33)(H,29,32)/b23-16-/t21-/m0/s1. The van der Waals surface area contributed by atoms with Crippen LogP contribution >= 0.6 is 11.3 Å². The van der Waals surface area contributed by atoms with E-state index in [1.165, 1.54) is 11.3 Å². The number of carbonyl (C=O) groups excluding carboxylic acids is 2. The molecule has 2 aromatic carbocycles. The molecule has 5 rings (SSSR count). The lowest BCUT2D eigenvalue weighted by atomic mass is 10.1. The highest BCUT2D eigenvalue weighted by Gasteiger charge is 2.30. The smallest absolute Gasteiger partial charge is 0.268 e. The molecule has 2 amide bonds. The Morgan fingerprint density at radius 2 is 1.73 bits per heavy atom. The average Bonchev–Trinajstić information content (AvgIpc) is 3.65. The molecular formula is C27H24N4O4S2. The van der Waals surface area contributed by atoms with Crippen LogP contribution in [0.25, 0.3) is 22.3 Å². The molecule has 188 valence electrons. The monoisotopic (exact) mass is 532 g/mol. The van der Waals surface area contributed by atoms with Crippen LogP contribution in [0.2, 0.25) is 0 Å². The highest BCUT2D eigenvalue weighted by molar-refractivity contribution is 7.91. The Morgan fingerprint density at radius 3 is 2.38 bits per heavy atom. The fourth-order valence-electron chi connectivity index (χ4n) is 4.08. The van der Waals surface area contributed by atoms with E-state index in [0.29, 0.717) is 23.2 Å². The molecule has 1 atom stereocenters. The van der Waals surface area contributed by atoms with Crippen molar-refractivity contribution >= 4 is 39.1 Å². The number of nitrogens with one attached hydrogen (secondary N) is 2. The molecule has 0 saturated carbocycles. The van der Waals surface area contributed by atoms with Gasteiger partial charge in [-0.2, -0.15) is 5.10 Å². The predicted molar refractivity (Wildman–Crippen MR) is 144 cm³/mol. The average molecular weight is 533 g/mol. The van der Waals surface area contributed by atoms with E-state index >= 15 is 0 Å². The van der Waals surface area contributed by atoms with Crippen molar-refractivity contribution in [2.24, 2.45) is 0 Å². The van der Waals surface area contributed by atoms with Gasteiger partial charge < -0.3 is 10.6 Å². The third-order valence-electron chi connectivity index (χ3n) is 5.91. The summed E-state index contributed by atoms with van der Waals surface area (Å²) in [7, 11) is -3.19. The summed E-state index contributed by atoms with van der Waals surface area (Å²) in [5.74, 6) is -1.10. The second-order valence-corrected chi connectivity index (χ2v) is 11.8. The van der Waals surface area contributed by atoms with E-state index in [1.807, 2.05) is 47.8 Å². The summed E-state index contributed by atoms with van der Waals surface area (Å²) >= 11 is 1.51. The van der Waals surface area contributed by atoms with Crippen molar-refractivity contribution in [2.45, 2.75) is 12.5 Å². The molecule has 0 aliphatic carbocycles. The first kappa shape index (κ1) is 24.7. The van der Waals surface area contributed by atoms with Crippen LogP contribution in [0.4, 0.5) is 0 Å². The molecule has 37 heavy (non-hydrogen) atoms. The number of para-hydroxylation sites is 1. The van der Waals surface area contributed by atoms with Gasteiger partial charge in [0, 0.05) is 23.4 Å². The van der Waals surface area contributed by atoms with Crippen LogP contribution < -0.4 is 10.6 Å². The summed E-state index contributed by atoms with van der Waals surface area (Å²) in [6.07, 6.45) is 3.72. The second kappa shape index (κ2) is 10.5. The SMILES string of the molecule is O=C(N[C@H]1CCS(=O)(=O)C1)/C(=C/c1cn(-c2ccccc2)nc1-c1cccs1)NC(=O)c1ccccc1. The van der Waals surface area contributed by atoms with Gasteiger partial charge in [0.2, 0.25) is 0 Å². The molecule has 2 aromatic heterocycles. The molecule has 0 unspecified atom stereocenters. The molecule has 2 N–H and O–H groups in total. The maximum atomic E-state index is 13.3. The topological polar surface area (TPSA) is 110 Å². The van der Waals surface area contributed by atoms with Crippen molar-refractivity contribution in [3.63, 3.8) is 0 Å². The minimum absolute atomic E-state index is 0.00330. The van der Waals surface area contributed by atoms with E-state index < -0.39 is 27.7 Å². The number of sulfone groups is 1.